The summed E-state index contributed by atoms with van der Waals surface area (Å²) >= 11 is 0. The second kappa shape index (κ2) is 2.71. The topological polar surface area (TPSA) is 54.2 Å². The van der Waals surface area contributed by atoms with Gasteiger partial charge in [-0.05, 0) is 5.16 Å². The number of nitrogens with one attached hydrogen (secondary N) is 1. The average Bonchev–Trinajstić information content (AvgIpc) is 2.58. The first-order chi connectivity index (χ1) is 5.47. The summed E-state index contributed by atoms with van der Waals surface area (Å²) in [7, 11) is 0. The van der Waals surface area contributed by atoms with Crippen LogP contribution in [-0.2, 0) is 0 Å². The van der Waals surface area contributed by atoms with Gasteiger partial charge in [-0.3, -0.25) is 5.32 Å². The van der Waals surface area contributed by atoms with Gasteiger partial charge in [-0.1, -0.05) is 6.08 Å². The highest BCUT2D eigenvalue weighted by molar-refractivity contribution is 5.32. The van der Waals surface area contributed by atoms with Crippen LogP contribution in [-0.4, -0.2) is 23.4 Å². The Hall–Kier alpha value is -1.36. The van der Waals surface area contributed by atoms with E-state index >= 15 is 0 Å². The summed E-state index contributed by atoms with van der Waals surface area (Å²) in [4.78, 5) is 5.76. The predicted octanol–water partition coefficient (Wildman–Crippen LogP) is -0.0496. The minimum atomic E-state index is 0.591. The van der Waals surface area contributed by atoms with Gasteiger partial charge in [-0.15, -0.1) is 0 Å². The fraction of sp³-hybridized carbons (Fsp3) is 0.333. The van der Waals surface area contributed by atoms with E-state index in [1.54, 1.807) is 0 Å². The molecule has 1 aliphatic heterocycles. The maximum atomic E-state index is 4.60. The molecular formula is C6H8N4O. The summed E-state index contributed by atoms with van der Waals surface area (Å²) < 4.78 is 4.60. The second-order valence-corrected chi connectivity index (χ2v) is 2.20. The molecule has 1 aromatic rings. The minimum absolute atomic E-state index is 0.591. The van der Waals surface area contributed by atoms with Gasteiger partial charge < -0.3 is 9.42 Å². The standard InChI is InChI=1S/C6H8N4O/c1-2-7-4-10(3-1)6-8-5-11-9-6/h1,3,5,7H,2,4H2. The molecule has 11 heavy (non-hydrogen) atoms. The van der Waals surface area contributed by atoms with Crippen LogP contribution in [0.25, 0.3) is 0 Å². The second-order valence-electron chi connectivity index (χ2n) is 2.20. The van der Waals surface area contributed by atoms with E-state index < -0.39 is 0 Å². The van der Waals surface area contributed by atoms with Gasteiger partial charge in [0.1, 0.15) is 0 Å². The van der Waals surface area contributed by atoms with Crippen molar-refractivity contribution >= 4 is 5.95 Å². The maximum absolute atomic E-state index is 4.60. The molecule has 5 nitrogen and oxygen atoms in total. The molecular weight excluding hydrogens is 144 g/mol. The van der Waals surface area contributed by atoms with Crippen molar-refractivity contribution in [3.05, 3.63) is 18.7 Å². The van der Waals surface area contributed by atoms with Crippen LogP contribution in [0.15, 0.2) is 23.2 Å². The maximum Gasteiger partial charge on any atom is 0.270 e. The van der Waals surface area contributed by atoms with Crippen LogP contribution in [0, 0.1) is 0 Å². The molecule has 0 bridgehead atoms. The van der Waals surface area contributed by atoms with Crippen LogP contribution in [0.1, 0.15) is 0 Å². The van der Waals surface area contributed by atoms with Crippen LogP contribution in [0.3, 0.4) is 0 Å². The molecule has 5 heteroatoms. The van der Waals surface area contributed by atoms with E-state index in [2.05, 4.69) is 20.0 Å². The third-order valence-electron chi connectivity index (χ3n) is 1.44. The van der Waals surface area contributed by atoms with Crippen LogP contribution >= 0.6 is 0 Å². The van der Waals surface area contributed by atoms with Gasteiger partial charge >= 0.3 is 0 Å². The van der Waals surface area contributed by atoms with Crippen molar-refractivity contribution in [3.8, 4) is 0 Å². The van der Waals surface area contributed by atoms with Crippen LogP contribution in [0.5, 0.6) is 0 Å². The van der Waals surface area contributed by atoms with Crippen molar-refractivity contribution < 1.29 is 4.52 Å². The average molecular weight is 152 g/mol. The largest absolute Gasteiger partial charge is 0.341 e. The first-order valence-corrected chi connectivity index (χ1v) is 3.37. The Labute approximate surface area is 63.7 Å². The predicted molar refractivity (Wildman–Crippen MR) is 38.8 cm³/mol. The fourth-order valence-electron chi connectivity index (χ4n) is 0.930. The van der Waals surface area contributed by atoms with Crippen molar-refractivity contribution in [1.82, 2.24) is 15.5 Å². The Morgan fingerprint density at radius 1 is 1.64 bits per heavy atom. The van der Waals surface area contributed by atoms with Crippen LogP contribution in [0.2, 0.25) is 0 Å². The number of anilines is 1. The highest BCUT2D eigenvalue weighted by Gasteiger charge is 2.08. The van der Waals surface area contributed by atoms with E-state index in [1.165, 1.54) is 6.39 Å². The molecule has 2 rings (SSSR count). The number of nitrogens with zero attached hydrogens (tertiary/aromatic N) is 3. The monoisotopic (exact) mass is 152 g/mol. The van der Waals surface area contributed by atoms with E-state index in [9.17, 15) is 0 Å². The third-order valence-corrected chi connectivity index (χ3v) is 1.44. The van der Waals surface area contributed by atoms with Crippen LogP contribution in [0.4, 0.5) is 5.95 Å². The lowest BCUT2D eigenvalue weighted by molar-refractivity contribution is 0.416. The van der Waals surface area contributed by atoms with E-state index in [-0.39, 0.29) is 0 Å². The molecule has 1 aromatic heterocycles. The number of hydrogen-bond donors (Lipinski definition) is 1. The van der Waals surface area contributed by atoms with E-state index in [0.29, 0.717) is 5.95 Å². The first kappa shape index (κ1) is 6.36. The molecule has 0 saturated carbocycles. The van der Waals surface area contributed by atoms with Gasteiger partial charge in [0.2, 0.25) is 6.39 Å². The fourth-order valence-corrected chi connectivity index (χ4v) is 0.930. The van der Waals surface area contributed by atoms with Crippen molar-refractivity contribution in [2.75, 3.05) is 18.1 Å². The molecule has 1 aliphatic rings. The molecule has 58 valence electrons. The quantitative estimate of drug-likeness (QED) is 0.611. The van der Waals surface area contributed by atoms with Gasteiger partial charge in [0, 0.05) is 12.7 Å². The van der Waals surface area contributed by atoms with Gasteiger partial charge in [-0.2, -0.15) is 4.98 Å². The lowest BCUT2D eigenvalue weighted by atomic mass is 10.5. The van der Waals surface area contributed by atoms with Gasteiger partial charge in [0.05, 0.1) is 6.67 Å². The Morgan fingerprint density at radius 2 is 2.64 bits per heavy atom. The summed E-state index contributed by atoms with van der Waals surface area (Å²) in [6, 6.07) is 0. The Morgan fingerprint density at radius 3 is 3.27 bits per heavy atom. The Balaban J connectivity index is 2.16. The van der Waals surface area contributed by atoms with Crippen molar-refractivity contribution in [1.29, 1.82) is 0 Å². The molecule has 0 aromatic carbocycles. The highest BCUT2D eigenvalue weighted by atomic mass is 16.5. The molecule has 0 radical (unpaired) electrons. The Bertz CT molecular complexity index is 243. The highest BCUT2D eigenvalue weighted by Crippen LogP contribution is 2.06. The van der Waals surface area contributed by atoms with Crippen molar-refractivity contribution in [2.45, 2.75) is 0 Å². The molecule has 0 atom stereocenters. The summed E-state index contributed by atoms with van der Waals surface area (Å²) in [5, 5.41) is 6.83. The van der Waals surface area contributed by atoms with Crippen molar-refractivity contribution in [3.63, 3.8) is 0 Å². The lowest BCUT2D eigenvalue weighted by Gasteiger charge is -2.19. The molecule has 0 amide bonds. The van der Waals surface area contributed by atoms with E-state index in [4.69, 9.17) is 0 Å². The Kier molecular flexibility index (Phi) is 1.57. The zero-order valence-electron chi connectivity index (χ0n) is 5.90. The SMILES string of the molecule is C1=CN(c2ncon2)CNC1. The molecule has 1 N–H and O–H groups in total. The molecule has 0 saturated heterocycles. The molecule has 0 aliphatic carbocycles. The first-order valence-electron chi connectivity index (χ1n) is 3.37. The van der Waals surface area contributed by atoms with E-state index in [1.807, 2.05) is 17.2 Å². The minimum Gasteiger partial charge on any atom is -0.341 e. The summed E-state index contributed by atoms with van der Waals surface area (Å²) in [5.74, 6) is 0.591. The zero-order valence-corrected chi connectivity index (χ0v) is 5.90. The number of aromatic nitrogens is 2. The molecule has 0 spiro atoms. The normalized spacial score (nSPS) is 17.3. The third kappa shape index (κ3) is 1.22. The number of rotatable bonds is 1. The zero-order chi connectivity index (χ0) is 7.52. The van der Waals surface area contributed by atoms with Crippen molar-refractivity contribution in [2.24, 2.45) is 0 Å². The molecule has 0 fully saturated rings. The number of hydrogen-bond acceptors (Lipinski definition) is 5. The molecule has 0 unspecified atom stereocenters. The van der Waals surface area contributed by atoms with Gasteiger partial charge in [0.15, 0.2) is 0 Å². The molecule has 2 heterocycles. The van der Waals surface area contributed by atoms with Gasteiger partial charge in [-0.25, -0.2) is 0 Å². The smallest absolute Gasteiger partial charge is 0.270 e. The van der Waals surface area contributed by atoms with Gasteiger partial charge in [0.25, 0.3) is 5.95 Å². The summed E-state index contributed by atoms with van der Waals surface area (Å²) in [6.07, 6.45) is 5.25. The van der Waals surface area contributed by atoms with E-state index in [0.717, 1.165) is 13.2 Å². The lowest BCUT2D eigenvalue weighted by Crippen LogP contribution is -2.34. The van der Waals surface area contributed by atoms with Crippen LogP contribution < -0.4 is 10.2 Å². The summed E-state index contributed by atoms with van der Waals surface area (Å²) in [5.41, 5.74) is 0. The summed E-state index contributed by atoms with van der Waals surface area (Å²) in [6.45, 7) is 1.63.